The highest BCUT2D eigenvalue weighted by Gasteiger charge is 2.26. The van der Waals surface area contributed by atoms with Crippen molar-refractivity contribution in [3.05, 3.63) is 0 Å². The van der Waals surface area contributed by atoms with E-state index in [9.17, 15) is 4.79 Å². The quantitative estimate of drug-likeness (QED) is 0.609. The summed E-state index contributed by atoms with van der Waals surface area (Å²) < 4.78 is 4.94. The lowest BCUT2D eigenvalue weighted by Gasteiger charge is -2.25. The van der Waals surface area contributed by atoms with Gasteiger partial charge in [-0.1, -0.05) is 0 Å². The van der Waals surface area contributed by atoms with Gasteiger partial charge < -0.3 is 4.74 Å². The van der Waals surface area contributed by atoms with E-state index in [1.54, 1.807) is 0 Å². The highest BCUT2D eigenvalue weighted by atomic mass is 16.5. The average molecular weight is 199 g/mol. The second kappa shape index (κ2) is 5.35. The molecular weight excluding hydrogens is 178 g/mol. The van der Waals surface area contributed by atoms with E-state index < -0.39 is 0 Å². The lowest BCUT2D eigenvalue weighted by atomic mass is 10.2. The van der Waals surface area contributed by atoms with Crippen LogP contribution in [-0.4, -0.2) is 36.6 Å². The van der Waals surface area contributed by atoms with Crippen LogP contribution in [0, 0.1) is 5.92 Å². The van der Waals surface area contributed by atoms with Crippen LogP contribution in [0.1, 0.15) is 33.6 Å². The van der Waals surface area contributed by atoms with Crippen molar-refractivity contribution >= 4 is 5.97 Å². The summed E-state index contributed by atoms with van der Waals surface area (Å²) in [5.41, 5.74) is 0. The first-order valence-electron chi connectivity index (χ1n) is 5.53. The Morgan fingerprint density at radius 3 is 2.57 bits per heavy atom. The Morgan fingerprint density at radius 2 is 2.14 bits per heavy atom. The summed E-state index contributed by atoms with van der Waals surface area (Å²) in [7, 11) is 0. The molecule has 0 heterocycles. The van der Waals surface area contributed by atoms with Gasteiger partial charge in [-0.2, -0.15) is 0 Å². The minimum atomic E-state index is -0.0955. The van der Waals surface area contributed by atoms with Crippen LogP contribution in [0.15, 0.2) is 0 Å². The molecule has 1 saturated carbocycles. The molecule has 0 spiro atoms. The maximum Gasteiger partial charge on any atom is 0.320 e. The number of esters is 1. The zero-order chi connectivity index (χ0) is 10.6. The summed E-state index contributed by atoms with van der Waals surface area (Å²) in [5.74, 6) is 0.730. The molecule has 0 atom stereocenters. The number of hydrogen-bond donors (Lipinski definition) is 0. The van der Waals surface area contributed by atoms with Crippen molar-refractivity contribution in [2.75, 3.05) is 19.7 Å². The summed E-state index contributed by atoms with van der Waals surface area (Å²) >= 11 is 0. The van der Waals surface area contributed by atoms with Gasteiger partial charge in [-0.3, -0.25) is 9.69 Å². The van der Waals surface area contributed by atoms with E-state index in [1.807, 2.05) is 6.92 Å². The van der Waals surface area contributed by atoms with Crippen LogP contribution in [0.25, 0.3) is 0 Å². The van der Waals surface area contributed by atoms with E-state index >= 15 is 0 Å². The van der Waals surface area contributed by atoms with Crippen LogP contribution in [0.3, 0.4) is 0 Å². The minimum Gasteiger partial charge on any atom is -0.465 e. The van der Waals surface area contributed by atoms with Gasteiger partial charge in [-0.15, -0.1) is 0 Å². The van der Waals surface area contributed by atoms with Crippen LogP contribution in [0.2, 0.25) is 0 Å². The first-order chi connectivity index (χ1) is 6.63. The normalized spacial score (nSPS) is 16.4. The van der Waals surface area contributed by atoms with Crippen LogP contribution in [-0.2, 0) is 9.53 Å². The summed E-state index contributed by atoms with van der Waals surface area (Å²) in [5, 5.41) is 0. The van der Waals surface area contributed by atoms with E-state index in [0.29, 0.717) is 19.2 Å². The van der Waals surface area contributed by atoms with Crippen molar-refractivity contribution in [2.24, 2.45) is 5.92 Å². The van der Waals surface area contributed by atoms with Crippen LogP contribution in [0.4, 0.5) is 0 Å². The molecule has 0 radical (unpaired) electrons. The van der Waals surface area contributed by atoms with Gasteiger partial charge in [0.15, 0.2) is 0 Å². The van der Waals surface area contributed by atoms with Crippen molar-refractivity contribution < 1.29 is 9.53 Å². The highest BCUT2D eigenvalue weighted by molar-refractivity contribution is 5.71. The number of carbonyl (C=O) groups excluding carboxylic acids is 1. The van der Waals surface area contributed by atoms with Crippen molar-refractivity contribution in [2.45, 2.75) is 39.7 Å². The summed E-state index contributed by atoms with van der Waals surface area (Å²) in [6.07, 6.45) is 2.65. The molecule has 0 saturated heterocycles. The molecule has 82 valence electrons. The zero-order valence-corrected chi connectivity index (χ0v) is 9.45. The van der Waals surface area contributed by atoms with Crippen molar-refractivity contribution in [3.63, 3.8) is 0 Å². The predicted molar refractivity (Wildman–Crippen MR) is 56.1 cm³/mol. The number of ether oxygens (including phenoxy) is 1. The summed E-state index contributed by atoms with van der Waals surface area (Å²) in [6.45, 7) is 8.08. The molecule has 3 nitrogen and oxygen atoms in total. The van der Waals surface area contributed by atoms with E-state index in [2.05, 4.69) is 18.7 Å². The Bertz CT molecular complexity index is 188. The fourth-order valence-corrected chi connectivity index (χ4v) is 1.46. The SMILES string of the molecule is CCOC(=O)CN(CC1CC1)C(C)C. The van der Waals surface area contributed by atoms with Gasteiger partial charge >= 0.3 is 5.97 Å². The van der Waals surface area contributed by atoms with Crippen molar-refractivity contribution in [3.8, 4) is 0 Å². The standard InChI is InChI=1S/C11H21NO2/c1-4-14-11(13)8-12(9(2)3)7-10-5-6-10/h9-10H,4-8H2,1-3H3. The molecular formula is C11H21NO2. The molecule has 0 N–H and O–H groups in total. The molecule has 1 aliphatic rings. The second-order valence-electron chi connectivity index (χ2n) is 4.27. The van der Waals surface area contributed by atoms with Gasteiger partial charge in [0, 0.05) is 12.6 Å². The third-order valence-corrected chi connectivity index (χ3v) is 2.56. The molecule has 3 heteroatoms. The molecule has 0 unspecified atom stereocenters. The zero-order valence-electron chi connectivity index (χ0n) is 9.45. The third kappa shape index (κ3) is 4.09. The van der Waals surface area contributed by atoms with Crippen LogP contribution < -0.4 is 0 Å². The molecule has 0 aromatic rings. The van der Waals surface area contributed by atoms with Crippen molar-refractivity contribution in [1.29, 1.82) is 0 Å². The Hall–Kier alpha value is -0.570. The number of hydrogen-bond acceptors (Lipinski definition) is 3. The van der Waals surface area contributed by atoms with Gasteiger partial charge in [-0.05, 0) is 39.5 Å². The van der Waals surface area contributed by atoms with Gasteiger partial charge in [0.05, 0.1) is 13.2 Å². The van der Waals surface area contributed by atoms with Crippen LogP contribution in [0.5, 0.6) is 0 Å². The topological polar surface area (TPSA) is 29.5 Å². The Labute approximate surface area is 86.4 Å². The third-order valence-electron chi connectivity index (χ3n) is 2.56. The lowest BCUT2D eigenvalue weighted by molar-refractivity contribution is -0.144. The molecule has 1 rings (SSSR count). The van der Waals surface area contributed by atoms with Crippen molar-refractivity contribution in [1.82, 2.24) is 4.90 Å². The van der Waals surface area contributed by atoms with Gasteiger partial charge in [0.2, 0.25) is 0 Å². The number of nitrogens with zero attached hydrogens (tertiary/aromatic N) is 1. The minimum absolute atomic E-state index is 0.0955. The first kappa shape index (κ1) is 11.5. The molecule has 1 fully saturated rings. The largest absolute Gasteiger partial charge is 0.465 e. The van der Waals surface area contributed by atoms with E-state index in [1.165, 1.54) is 12.8 Å². The monoisotopic (exact) mass is 199 g/mol. The molecule has 0 aliphatic heterocycles. The summed E-state index contributed by atoms with van der Waals surface area (Å²) in [4.78, 5) is 13.5. The Morgan fingerprint density at radius 1 is 1.50 bits per heavy atom. The maximum absolute atomic E-state index is 11.3. The number of carbonyl (C=O) groups is 1. The molecule has 1 aliphatic carbocycles. The Kier molecular flexibility index (Phi) is 4.39. The lowest BCUT2D eigenvalue weighted by Crippen LogP contribution is -2.37. The molecule has 0 bridgehead atoms. The molecule has 14 heavy (non-hydrogen) atoms. The highest BCUT2D eigenvalue weighted by Crippen LogP contribution is 2.30. The summed E-state index contributed by atoms with van der Waals surface area (Å²) in [6, 6.07) is 0.431. The predicted octanol–water partition coefficient (Wildman–Crippen LogP) is 1.67. The second-order valence-corrected chi connectivity index (χ2v) is 4.27. The smallest absolute Gasteiger partial charge is 0.320 e. The fraction of sp³-hybridized carbons (Fsp3) is 0.909. The van der Waals surface area contributed by atoms with Gasteiger partial charge in [0.1, 0.15) is 0 Å². The van der Waals surface area contributed by atoms with E-state index in [4.69, 9.17) is 4.74 Å². The van der Waals surface area contributed by atoms with Gasteiger partial charge in [0.25, 0.3) is 0 Å². The Balaban J connectivity index is 2.29. The van der Waals surface area contributed by atoms with Crippen LogP contribution >= 0.6 is 0 Å². The molecule has 0 amide bonds. The van der Waals surface area contributed by atoms with Gasteiger partial charge in [-0.25, -0.2) is 0 Å². The average Bonchev–Trinajstić information content (AvgIpc) is 2.87. The van der Waals surface area contributed by atoms with E-state index in [0.717, 1.165) is 12.5 Å². The fourth-order valence-electron chi connectivity index (χ4n) is 1.46. The van der Waals surface area contributed by atoms with E-state index in [-0.39, 0.29) is 5.97 Å². The number of rotatable bonds is 6. The first-order valence-corrected chi connectivity index (χ1v) is 5.53. The molecule has 0 aromatic carbocycles. The maximum atomic E-state index is 11.3. The molecule has 0 aromatic heterocycles.